The zero-order valence-electron chi connectivity index (χ0n) is 13.5. The van der Waals surface area contributed by atoms with Gasteiger partial charge in [-0.1, -0.05) is 0 Å². The lowest BCUT2D eigenvalue weighted by molar-refractivity contribution is -0.384. The first-order valence-corrected chi connectivity index (χ1v) is 8.88. The third kappa shape index (κ3) is 3.96. The summed E-state index contributed by atoms with van der Waals surface area (Å²) in [6.07, 6.45) is -0.673. The highest BCUT2D eigenvalue weighted by atomic mass is 32.2. The highest BCUT2D eigenvalue weighted by molar-refractivity contribution is 7.86. The van der Waals surface area contributed by atoms with Crippen LogP contribution >= 0.6 is 0 Å². The molecule has 0 bridgehead atoms. The van der Waals surface area contributed by atoms with Gasteiger partial charge in [-0.15, -0.1) is 0 Å². The van der Waals surface area contributed by atoms with Gasteiger partial charge in [0.1, 0.15) is 12.7 Å². The van der Waals surface area contributed by atoms with Gasteiger partial charge in [0, 0.05) is 12.1 Å². The van der Waals surface area contributed by atoms with Crippen molar-refractivity contribution in [2.75, 3.05) is 13.2 Å². The van der Waals surface area contributed by atoms with Crippen LogP contribution in [-0.2, 0) is 19.0 Å². The molecule has 0 spiro atoms. The predicted octanol–water partition coefficient (Wildman–Crippen LogP) is 1.55. The summed E-state index contributed by atoms with van der Waals surface area (Å²) in [5.41, 5.74) is -0.272. The Balaban J connectivity index is 1.62. The zero-order valence-corrected chi connectivity index (χ0v) is 14.3. The number of hydrogen-bond acceptors (Lipinski definition) is 9. The summed E-state index contributed by atoms with van der Waals surface area (Å²) >= 11 is 0. The van der Waals surface area contributed by atoms with E-state index in [2.05, 4.69) is 0 Å². The van der Waals surface area contributed by atoms with E-state index >= 15 is 0 Å². The minimum absolute atomic E-state index is 0.0629. The molecular weight excluding hydrogens is 384 g/mol. The van der Waals surface area contributed by atoms with Crippen molar-refractivity contribution in [3.63, 3.8) is 0 Å². The Morgan fingerprint density at radius 1 is 1.30 bits per heavy atom. The summed E-state index contributed by atoms with van der Waals surface area (Å²) in [5, 5.41) is 10.6. The normalized spacial score (nSPS) is 17.0. The standard InChI is InChI=1S/C15H12N2O9S/c18-14(13-2-1-7-24-13)16-8-11(26-15(16)19)9-25-27(22,23)12-5-3-10(4-6-12)17(20)21/h1-7,11H,8-9H2/t11-/m1/s1. The molecule has 12 heteroatoms. The number of imide groups is 1. The molecule has 1 aliphatic heterocycles. The van der Waals surface area contributed by atoms with E-state index in [1.54, 1.807) is 0 Å². The number of hydrogen-bond donors (Lipinski definition) is 0. The molecule has 1 saturated heterocycles. The summed E-state index contributed by atoms with van der Waals surface area (Å²) < 4.78 is 38.9. The van der Waals surface area contributed by atoms with Crippen LogP contribution in [0.5, 0.6) is 0 Å². The minimum Gasteiger partial charge on any atom is -0.459 e. The summed E-state index contributed by atoms with van der Waals surface area (Å²) in [7, 11) is -4.22. The quantitative estimate of drug-likeness (QED) is 0.403. The number of ether oxygens (including phenoxy) is 1. The van der Waals surface area contributed by atoms with Gasteiger partial charge < -0.3 is 9.15 Å². The molecule has 0 N–H and O–H groups in total. The van der Waals surface area contributed by atoms with Gasteiger partial charge in [-0.05, 0) is 24.3 Å². The highest BCUT2D eigenvalue weighted by Gasteiger charge is 2.38. The van der Waals surface area contributed by atoms with E-state index in [9.17, 15) is 28.1 Å². The molecule has 2 aromatic rings. The van der Waals surface area contributed by atoms with Crippen molar-refractivity contribution in [1.29, 1.82) is 0 Å². The first-order chi connectivity index (χ1) is 12.8. The molecule has 2 heterocycles. The van der Waals surface area contributed by atoms with Crippen molar-refractivity contribution in [1.82, 2.24) is 4.90 Å². The SMILES string of the molecule is O=C1O[C@@H](COS(=O)(=O)c2ccc([N+](=O)[O-])cc2)CN1C(=O)c1ccco1. The number of nitro groups is 1. The topological polar surface area (TPSA) is 146 Å². The van der Waals surface area contributed by atoms with E-state index in [-0.39, 0.29) is 22.9 Å². The van der Waals surface area contributed by atoms with Crippen molar-refractivity contribution in [2.24, 2.45) is 0 Å². The van der Waals surface area contributed by atoms with Crippen LogP contribution in [0.1, 0.15) is 10.6 Å². The molecule has 11 nitrogen and oxygen atoms in total. The van der Waals surface area contributed by atoms with Crippen molar-refractivity contribution < 1.29 is 36.3 Å². The van der Waals surface area contributed by atoms with E-state index in [4.69, 9.17) is 13.3 Å². The first kappa shape index (κ1) is 18.5. The van der Waals surface area contributed by atoms with Crippen molar-refractivity contribution in [2.45, 2.75) is 11.0 Å². The van der Waals surface area contributed by atoms with E-state index in [1.165, 1.54) is 18.4 Å². The number of cyclic esters (lactones) is 1. The van der Waals surface area contributed by atoms with Gasteiger partial charge in [0.15, 0.2) is 5.76 Å². The largest absolute Gasteiger partial charge is 0.459 e. The van der Waals surface area contributed by atoms with Gasteiger partial charge in [0.05, 0.1) is 22.6 Å². The van der Waals surface area contributed by atoms with Gasteiger partial charge in [0.25, 0.3) is 21.7 Å². The average molecular weight is 396 g/mol. The first-order valence-electron chi connectivity index (χ1n) is 7.48. The molecule has 2 amide bonds. The summed E-state index contributed by atoms with van der Waals surface area (Å²) in [6, 6.07) is 6.96. The maximum atomic E-state index is 12.1. The Bertz CT molecular complexity index is 967. The van der Waals surface area contributed by atoms with Crippen molar-refractivity contribution in [3.8, 4) is 0 Å². The molecule has 1 aromatic carbocycles. The van der Waals surface area contributed by atoms with Crippen molar-refractivity contribution in [3.05, 3.63) is 58.5 Å². The number of benzene rings is 1. The Morgan fingerprint density at radius 3 is 2.59 bits per heavy atom. The molecule has 0 saturated carbocycles. The number of furan rings is 1. The molecule has 3 rings (SSSR count). The highest BCUT2D eigenvalue weighted by Crippen LogP contribution is 2.20. The number of carbonyl (C=O) groups is 2. The molecule has 142 valence electrons. The van der Waals surface area contributed by atoms with E-state index in [0.717, 1.165) is 29.2 Å². The molecule has 27 heavy (non-hydrogen) atoms. The minimum atomic E-state index is -4.22. The fourth-order valence-corrected chi connectivity index (χ4v) is 3.21. The fourth-order valence-electron chi connectivity index (χ4n) is 2.28. The third-order valence-electron chi connectivity index (χ3n) is 3.60. The van der Waals surface area contributed by atoms with Crippen LogP contribution in [0.15, 0.2) is 52.0 Å². The maximum absolute atomic E-state index is 12.1. The molecule has 0 radical (unpaired) electrons. The molecule has 1 fully saturated rings. The second kappa shape index (κ2) is 7.17. The lowest BCUT2D eigenvalue weighted by Crippen LogP contribution is -2.32. The monoisotopic (exact) mass is 396 g/mol. The fraction of sp³-hybridized carbons (Fsp3) is 0.200. The molecule has 1 aromatic heterocycles. The average Bonchev–Trinajstić information content (AvgIpc) is 3.29. The third-order valence-corrected chi connectivity index (χ3v) is 4.89. The lowest BCUT2D eigenvalue weighted by Gasteiger charge is -2.10. The van der Waals surface area contributed by atoms with Gasteiger partial charge in [-0.25, -0.2) is 9.69 Å². The Labute approximate surface area is 152 Å². The lowest BCUT2D eigenvalue weighted by atomic mass is 10.3. The van der Waals surface area contributed by atoms with E-state index < -0.39 is 39.8 Å². The van der Waals surface area contributed by atoms with Crippen LogP contribution in [-0.4, -0.2) is 49.5 Å². The molecule has 1 atom stereocenters. The van der Waals surface area contributed by atoms with Crippen LogP contribution < -0.4 is 0 Å². The van der Waals surface area contributed by atoms with Gasteiger partial charge in [-0.2, -0.15) is 8.42 Å². The number of amides is 2. The van der Waals surface area contributed by atoms with Gasteiger partial charge in [-0.3, -0.25) is 19.1 Å². The molecule has 0 aliphatic carbocycles. The maximum Gasteiger partial charge on any atom is 0.417 e. The van der Waals surface area contributed by atoms with Crippen LogP contribution in [0.4, 0.5) is 10.5 Å². The van der Waals surface area contributed by atoms with Gasteiger partial charge in [0.2, 0.25) is 0 Å². The number of nitrogens with zero attached hydrogens (tertiary/aromatic N) is 2. The van der Waals surface area contributed by atoms with Crippen molar-refractivity contribution >= 4 is 27.8 Å². The second-order valence-corrected chi connectivity index (χ2v) is 7.00. The Morgan fingerprint density at radius 2 is 2.00 bits per heavy atom. The summed E-state index contributed by atoms with van der Waals surface area (Å²) in [5.74, 6) is -0.780. The molecule has 0 unspecified atom stereocenters. The van der Waals surface area contributed by atoms with Crippen LogP contribution in [0.2, 0.25) is 0 Å². The number of non-ortho nitro benzene ring substituents is 1. The summed E-state index contributed by atoms with van der Waals surface area (Å²) in [4.78, 5) is 34.3. The van der Waals surface area contributed by atoms with Crippen LogP contribution in [0.3, 0.4) is 0 Å². The van der Waals surface area contributed by atoms with E-state index in [1.807, 2.05) is 0 Å². The van der Waals surface area contributed by atoms with E-state index in [0.29, 0.717) is 0 Å². The smallest absolute Gasteiger partial charge is 0.417 e. The summed E-state index contributed by atoms with van der Waals surface area (Å²) in [6.45, 7) is -0.735. The number of rotatable bonds is 6. The number of nitro benzene ring substituents is 1. The molecule has 1 aliphatic rings. The van der Waals surface area contributed by atoms with Crippen LogP contribution in [0.25, 0.3) is 0 Å². The predicted molar refractivity (Wildman–Crippen MR) is 86.2 cm³/mol. The Kier molecular flexibility index (Phi) is 4.92. The molecular formula is C15H12N2O9S. The zero-order chi connectivity index (χ0) is 19.6. The number of carbonyl (C=O) groups excluding carboxylic acids is 2. The Hall–Kier alpha value is -3.25. The van der Waals surface area contributed by atoms with Crippen LogP contribution in [0, 0.1) is 10.1 Å². The second-order valence-electron chi connectivity index (χ2n) is 5.39. The van der Waals surface area contributed by atoms with Gasteiger partial charge >= 0.3 is 6.09 Å².